The van der Waals surface area contributed by atoms with E-state index in [0.29, 0.717) is 23.6 Å². The van der Waals surface area contributed by atoms with Crippen molar-refractivity contribution in [3.8, 4) is 11.5 Å². The molecule has 1 aromatic rings. The van der Waals surface area contributed by atoms with Gasteiger partial charge in [0.25, 0.3) is 5.91 Å². The number of rotatable bonds is 8. The number of aliphatic hydroxyl groups excluding tert-OH is 1. The first-order valence-electron chi connectivity index (χ1n) is 7.26. The highest BCUT2D eigenvalue weighted by Crippen LogP contribution is 2.24. The SMILES string of the molecule is CCC(CC)N(CCO)C(=O)c1cc(OC)cc(OC)c1. The highest BCUT2D eigenvalue weighted by molar-refractivity contribution is 5.95. The van der Waals surface area contributed by atoms with Crippen molar-refractivity contribution < 1.29 is 19.4 Å². The zero-order valence-corrected chi connectivity index (χ0v) is 13.3. The lowest BCUT2D eigenvalue weighted by molar-refractivity contribution is 0.0621. The van der Waals surface area contributed by atoms with Gasteiger partial charge in [-0.1, -0.05) is 13.8 Å². The first-order chi connectivity index (χ1) is 10.1. The lowest BCUT2D eigenvalue weighted by Gasteiger charge is -2.30. The summed E-state index contributed by atoms with van der Waals surface area (Å²) in [5, 5.41) is 9.23. The van der Waals surface area contributed by atoms with E-state index in [4.69, 9.17) is 9.47 Å². The smallest absolute Gasteiger partial charge is 0.254 e. The van der Waals surface area contributed by atoms with E-state index in [-0.39, 0.29) is 18.6 Å². The third kappa shape index (κ3) is 4.36. The molecule has 5 nitrogen and oxygen atoms in total. The molecule has 1 aromatic carbocycles. The number of methoxy groups -OCH3 is 2. The standard InChI is InChI=1S/C16H25NO4/c1-5-13(6-2)17(7-8-18)16(19)12-9-14(20-3)11-15(10-12)21-4/h9-11,13,18H,5-8H2,1-4H3. The molecular formula is C16H25NO4. The highest BCUT2D eigenvalue weighted by Gasteiger charge is 2.23. The zero-order chi connectivity index (χ0) is 15.8. The summed E-state index contributed by atoms with van der Waals surface area (Å²) in [4.78, 5) is 14.5. The number of aliphatic hydroxyl groups is 1. The van der Waals surface area contributed by atoms with Crippen LogP contribution >= 0.6 is 0 Å². The summed E-state index contributed by atoms with van der Waals surface area (Å²) >= 11 is 0. The molecule has 0 bridgehead atoms. The maximum Gasteiger partial charge on any atom is 0.254 e. The summed E-state index contributed by atoms with van der Waals surface area (Å²) in [5.41, 5.74) is 0.506. The Morgan fingerprint density at radius 3 is 2.05 bits per heavy atom. The minimum Gasteiger partial charge on any atom is -0.497 e. The summed E-state index contributed by atoms with van der Waals surface area (Å²) in [7, 11) is 3.10. The Hall–Kier alpha value is -1.75. The third-order valence-corrected chi connectivity index (χ3v) is 3.58. The maximum atomic E-state index is 12.7. The fourth-order valence-electron chi connectivity index (χ4n) is 2.38. The van der Waals surface area contributed by atoms with Gasteiger partial charge in [-0.25, -0.2) is 0 Å². The quantitative estimate of drug-likeness (QED) is 0.799. The molecule has 0 fully saturated rings. The predicted octanol–water partition coefficient (Wildman–Crippen LogP) is 2.33. The van der Waals surface area contributed by atoms with Crippen molar-refractivity contribution in [1.29, 1.82) is 0 Å². The van der Waals surface area contributed by atoms with E-state index < -0.39 is 0 Å². The van der Waals surface area contributed by atoms with Crippen molar-refractivity contribution in [2.75, 3.05) is 27.4 Å². The number of carbonyl (C=O) groups excluding carboxylic acids is 1. The number of amides is 1. The van der Waals surface area contributed by atoms with Crippen LogP contribution in [0.4, 0.5) is 0 Å². The van der Waals surface area contributed by atoms with Crippen molar-refractivity contribution in [2.45, 2.75) is 32.7 Å². The molecule has 0 spiro atoms. The molecule has 1 rings (SSSR count). The van der Waals surface area contributed by atoms with Crippen molar-refractivity contribution in [1.82, 2.24) is 4.90 Å². The topological polar surface area (TPSA) is 59.0 Å². The fraction of sp³-hybridized carbons (Fsp3) is 0.562. The second kappa shape index (κ2) is 8.52. The normalized spacial score (nSPS) is 10.6. The van der Waals surface area contributed by atoms with Gasteiger partial charge in [0, 0.05) is 24.2 Å². The molecule has 0 saturated carbocycles. The Kier molecular flexibility index (Phi) is 7.02. The van der Waals surface area contributed by atoms with Gasteiger partial charge in [-0.15, -0.1) is 0 Å². The zero-order valence-electron chi connectivity index (χ0n) is 13.3. The molecule has 0 aliphatic heterocycles. The molecule has 0 radical (unpaired) electrons. The molecule has 0 saturated heterocycles. The summed E-state index contributed by atoms with van der Waals surface area (Å²) in [5.74, 6) is 1.03. The second-order valence-corrected chi connectivity index (χ2v) is 4.79. The van der Waals surface area contributed by atoms with Gasteiger partial charge in [0.2, 0.25) is 0 Å². The van der Waals surface area contributed by atoms with E-state index in [2.05, 4.69) is 0 Å². The number of nitrogens with zero attached hydrogens (tertiary/aromatic N) is 1. The van der Waals surface area contributed by atoms with Crippen molar-refractivity contribution in [2.24, 2.45) is 0 Å². The summed E-state index contributed by atoms with van der Waals surface area (Å²) < 4.78 is 10.4. The minimum atomic E-state index is -0.116. The summed E-state index contributed by atoms with van der Waals surface area (Å²) in [6.45, 7) is 4.35. The molecule has 0 aromatic heterocycles. The first kappa shape index (κ1) is 17.3. The molecule has 0 heterocycles. The monoisotopic (exact) mass is 295 g/mol. The largest absolute Gasteiger partial charge is 0.497 e. The van der Waals surface area contributed by atoms with Crippen LogP contribution in [0.5, 0.6) is 11.5 Å². The van der Waals surface area contributed by atoms with Crippen LogP contribution in [0.25, 0.3) is 0 Å². The molecular weight excluding hydrogens is 270 g/mol. The Morgan fingerprint density at radius 2 is 1.67 bits per heavy atom. The summed E-state index contributed by atoms with van der Waals surface area (Å²) in [6.07, 6.45) is 1.70. The van der Waals surface area contributed by atoms with Gasteiger partial charge in [-0.2, -0.15) is 0 Å². The predicted molar refractivity (Wildman–Crippen MR) is 82.0 cm³/mol. The highest BCUT2D eigenvalue weighted by atomic mass is 16.5. The lowest BCUT2D eigenvalue weighted by Crippen LogP contribution is -2.41. The van der Waals surface area contributed by atoms with Crippen LogP contribution in [0.3, 0.4) is 0 Å². The molecule has 21 heavy (non-hydrogen) atoms. The van der Waals surface area contributed by atoms with Gasteiger partial charge in [0.1, 0.15) is 11.5 Å². The lowest BCUT2D eigenvalue weighted by atomic mass is 10.1. The Bertz CT molecular complexity index is 435. The van der Waals surface area contributed by atoms with Gasteiger partial charge in [0.05, 0.1) is 20.8 Å². The Balaban J connectivity index is 3.13. The molecule has 1 N–H and O–H groups in total. The average molecular weight is 295 g/mol. The molecule has 0 aliphatic rings. The van der Waals surface area contributed by atoms with Crippen LogP contribution in [-0.2, 0) is 0 Å². The maximum absolute atomic E-state index is 12.7. The van der Waals surface area contributed by atoms with E-state index in [0.717, 1.165) is 12.8 Å². The van der Waals surface area contributed by atoms with Crippen LogP contribution in [0.1, 0.15) is 37.0 Å². The number of carbonyl (C=O) groups is 1. The van der Waals surface area contributed by atoms with Crippen molar-refractivity contribution in [3.63, 3.8) is 0 Å². The molecule has 5 heteroatoms. The molecule has 118 valence electrons. The fourth-order valence-corrected chi connectivity index (χ4v) is 2.38. The number of hydrogen-bond donors (Lipinski definition) is 1. The van der Waals surface area contributed by atoms with Crippen LogP contribution in [0.2, 0.25) is 0 Å². The minimum absolute atomic E-state index is 0.0522. The van der Waals surface area contributed by atoms with Gasteiger partial charge < -0.3 is 19.5 Å². The van der Waals surface area contributed by atoms with Crippen molar-refractivity contribution >= 4 is 5.91 Å². The van der Waals surface area contributed by atoms with Gasteiger partial charge >= 0.3 is 0 Å². The molecule has 0 atom stereocenters. The number of ether oxygens (including phenoxy) is 2. The molecule has 0 aliphatic carbocycles. The van der Waals surface area contributed by atoms with Crippen LogP contribution in [0.15, 0.2) is 18.2 Å². The third-order valence-electron chi connectivity index (χ3n) is 3.58. The van der Waals surface area contributed by atoms with E-state index in [9.17, 15) is 9.90 Å². The second-order valence-electron chi connectivity index (χ2n) is 4.79. The molecule has 1 amide bonds. The van der Waals surface area contributed by atoms with Crippen LogP contribution in [0, 0.1) is 0 Å². The summed E-state index contributed by atoms with van der Waals surface area (Å²) in [6, 6.07) is 5.22. The number of hydrogen-bond acceptors (Lipinski definition) is 4. The van der Waals surface area contributed by atoms with Crippen molar-refractivity contribution in [3.05, 3.63) is 23.8 Å². The van der Waals surface area contributed by atoms with E-state index >= 15 is 0 Å². The van der Waals surface area contributed by atoms with Gasteiger partial charge in [-0.05, 0) is 25.0 Å². The van der Waals surface area contributed by atoms with Gasteiger partial charge in [-0.3, -0.25) is 4.79 Å². The van der Waals surface area contributed by atoms with E-state index in [1.54, 1.807) is 37.3 Å². The number of benzene rings is 1. The van der Waals surface area contributed by atoms with Crippen LogP contribution in [-0.4, -0.2) is 49.3 Å². The van der Waals surface area contributed by atoms with E-state index in [1.807, 2.05) is 13.8 Å². The Labute approximate surface area is 126 Å². The average Bonchev–Trinajstić information content (AvgIpc) is 2.53. The first-order valence-corrected chi connectivity index (χ1v) is 7.26. The van der Waals surface area contributed by atoms with Gasteiger partial charge in [0.15, 0.2) is 0 Å². The van der Waals surface area contributed by atoms with E-state index in [1.165, 1.54) is 0 Å². The molecule has 0 unspecified atom stereocenters. The van der Waals surface area contributed by atoms with Crippen LogP contribution < -0.4 is 9.47 Å². The Morgan fingerprint density at radius 1 is 1.14 bits per heavy atom.